The van der Waals surface area contributed by atoms with Crippen LogP contribution in [0.25, 0.3) is 0 Å². The van der Waals surface area contributed by atoms with E-state index in [0.29, 0.717) is 11.8 Å². The molecule has 23 heavy (non-hydrogen) atoms. The summed E-state index contributed by atoms with van der Waals surface area (Å²) in [4.78, 5) is 14.8. The number of aliphatic hydroxyl groups is 1. The van der Waals surface area contributed by atoms with Gasteiger partial charge in [0, 0.05) is 26.1 Å². The molecule has 0 bridgehead atoms. The van der Waals surface area contributed by atoms with Crippen LogP contribution in [-0.2, 0) is 4.79 Å². The maximum atomic E-state index is 12.7. The third-order valence-corrected chi connectivity index (χ3v) is 5.16. The molecule has 0 radical (unpaired) electrons. The molecule has 1 saturated carbocycles. The predicted molar refractivity (Wildman–Crippen MR) is 97.5 cm³/mol. The van der Waals surface area contributed by atoms with Crippen LogP contribution in [0.4, 0.5) is 0 Å². The summed E-state index contributed by atoms with van der Waals surface area (Å²) in [5, 5.41) is 8.90. The number of unbranched alkanes of at least 4 members (excludes halogenated alkanes) is 6. The molecular formula is C20H39NO2. The smallest absolute Gasteiger partial charge is 0.222 e. The third kappa shape index (κ3) is 10.0. The van der Waals surface area contributed by atoms with Crippen molar-refractivity contribution in [2.24, 2.45) is 5.92 Å². The normalized spacial score (nSPS) is 15.7. The molecule has 1 fully saturated rings. The Balaban J connectivity index is 2.32. The molecule has 0 aromatic heterocycles. The van der Waals surface area contributed by atoms with Crippen LogP contribution in [0.3, 0.4) is 0 Å². The zero-order valence-electron chi connectivity index (χ0n) is 15.4. The lowest BCUT2D eigenvalue weighted by atomic mass is 9.86. The molecule has 0 aromatic carbocycles. The molecule has 0 heterocycles. The van der Waals surface area contributed by atoms with Gasteiger partial charge in [0.25, 0.3) is 0 Å². The molecule has 1 amide bonds. The van der Waals surface area contributed by atoms with Gasteiger partial charge in [-0.1, -0.05) is 51.9 Å². The SMILES string of the molecule is CCCCCCCN(CCCCCO)C(=O)CC1CCCCC1. The molecule has 0 spiro atoms. The largest absolute Gasteiger partial charge is 0.396 e. The average molecular weight is 326 g/mol. The van der Waals surface area contributed by atoms with Crippen LogP contribution < -0.4 is 0 Å². The number of carbonyl (C=O) groups excluding carboxylic acids is 1. The topological polar surface area (TPSA) is 40.5 Å². The lowest BCUT2D eigenvalue weighted by Crippen LogP contribution is -2.34. The van der Waals surface area contributed by atoms with Crippen molar-refractivity contribution >= 4 is 5.91 Å². The Kier molecular flexibility index (Phi) is 12.3. The van der Waals surface area contributed by atoms with Gasteiger partial charge in [0.2, 0.25) is 5.91 Å². The fourth-order valence-electron chi connectivity index (χ4n) is 3.63. The highest BCUT2D eigenvalue weighted by Gasteiger charge is 2.20. The third-order valence-electron chi connectivity index (χ3n) is 5.16. The summed E-state index contributed by atoms with van der Waals surface area (Å²) in [6, 6.07) is 0. The summed E-state index contributed by atoms with van der Waals surface area (Å²) in [6.07, 6.45) is 16.4. The van der Waals surface area contributed by atoms with Crippen molar-refractivity contribution < 1.29 is 9.90 Å². The lowest BCUT2D eigenvalue weighted by Gasteiger charge is -2.27. The maximum Gasteiger partial charge on any atom is 0.222 e. The number of amides is 1. The first-order chi connectivity index (χ1) is 11.3. The van der Waals surface area contributed by atoms with Crippen LogP contribution in [0.15, 0.2) is 0 Å². The minimum atomic E-state index is 0.271. The monoisotopic (exact) mass is 325 g/mol. The summed E-state index contributed by atoms with van der Waals surface area (Å²) in [5.41, 5.74) is 0. The van der Waals surface area contributed by atoms with Crippen LogP contribution in [0.1, 0.15) is 96.8 Å². The van der Waals surface area contributed by atoms with E-state index in [4.69, 9.17) is 5.11 Å². The average Bonchev–Trinajstić information content (AvgIpc) is 2.57. The van der Waals surface area contributed by atoms with Crippen LogP contribution in [0, 0.1) is 5.92 Å². The number of aliphatic hydroxyl groups excluding tert-OH is 1. The first kappa shape index (κ1) is 20.5. The minimum absolute atomic E-state index is 0.271. The van der Waals surface area contributed by atoms with E-state index >= 15 is 0 Å². The van der Waals surface area contributed by atoms with Crippen LogP contribution in [0.2, 0.25) is 0 Å². The Morgan fingerprint density at radius 3 is 2.13 bits per heavy atom. The van der Waals surface area contributed by atoms with E-state index in [9.17, 15) is 4.79 Å². The van der Waals surface area contributed by atoms with Crippen LogP contribution >= 0.6 is 0 Å². The molecule has 0 unspecified atom stereocenters. The Morgan fingerprint density at radius 2 is 1.52 bits per heavy atom. The van der Waals surface area contributed by atoms with Crippen molar-refractivity contribution in [2.45, 2.75) is 96.8 Å². The van der Waals surface area contributed by atoms with Gasteiger partial charge < -0.3 is 10.0 Å². The van der Waals surface area contributed by atoms with E-state index in [2.05, 4.69) is 11.8 Å². The zero-order chi connectivity index (χ0) is 16.8. The molecule has 0 atom stereocenters. The predicted octanol–water partition coefficient (Wildman–Crippen LogP) is 4.92. The molecule has 3 heteroatoms. The molecule has 0 saturated heterocycles. The van der Waals surface area contributed by atoms with Crippen molar-refractivity contribution in [1.82, 2.24) is 4.90 Å². The quantitative estimate of drug-likeness (QED) is 0.488. The Hall–Kier alpha value is -0.570. The van der Waals surface area contributed by atoms with Crippen LogP contribution in [0.5, 0.6) is 0 Å². The van der Waals surface area contributed by atoms with Gasteiger partial charge in [-0.25, -0.2) is 0 Å². The van der Waals surface area contributed by atoms with Gasteiger partial charge in [0.1, 0.15) is 0 Å². The van der Waals surface area contributed by atoms with Crippen molar-refractivity contribution in [3.05, 3.63) is 0 Å². The molecule has 136 valence electrons. The fourth-order valence-corrected chi connectivity index (χ4v) is 3.63. The van der Waals surface area contributed by atoms with Gasteiger partial charge in [0.15, 0.2) is 0 Å². The zero-order valence-corrected chi connectivity index (χ0v) is 15.4. The summed E-state index contributed by atoms with van der Waals surface area (Å²) < 4.78 is 0. The summed E-state index contributed by atoms with van der Waals surface area (Å²) in [6.45, 7) is 4.34. The van der Waals surface area contributed by atoms with Crippen molar-refractivity contribution in [2.75, 3.05) is 19.7 Å². The fraction of sp³-hybridized carbons (Fsp3) is 0.950. The number of rotatable bonds is 13. The molecule has 1 rings (SSSR count). The highest BCUT2D eigenvalue weighted by Crippen LogP contribution is 2.27. The number of hydrogen-bond donors (Lipinski definition) is 1. The molecule has 3 nitrogen and oxygen atoms in total. The van der Waals surface area contributed by atoms with Gasteiger partial charge in [-0.2, -0.15) is 0 Å². The highest BCUT2D eigenvalue weighted by atomic mass is 16.2. The van der Waals surface area contributed by atoms with Gasteiger partial charge in [0.05, 0.1) is 0 Å². The molecule has 1 N–H and O–H groups in total. The number of carbonyl (C=O) groups is 1. The first-order valence-electron chi connectivity index (χ1n) is 10.2. The van der Waals surface area contributed by atoms with Gasteiger partial charge in [-0.15, -0.1) is 0 Å². The van der Waals surface area contributed by atoms with Crippen molar-refractivity contribution in [3.8, 4) is 0 Å². The van der Waals surface area contributed by atoms with E-state index in [1.54, 1.807) is 0 Å². The molecule has 1 aliphatic carbocycles. The van der Waals surface area contributed by atoms with Gasteiger partial charge in [-0.05, 0) is 44.4 Å². The first-order valence-corrected chi connectivity index (χ1v) is 10.2. The van der Waals surface area contributed by atoms with Gasteiger partial charge >= 0.3 is 0 Å². The maximum absolute atomic E-state index is 12.7. The molecular weight excluding hydrogens is 286 g/mol. The minimum Gasteiger partial charge on any atom is -0.396 e. The standard InChI is InChI=1S/C20H39NO2/c1-2-3-4-5-10-15-21(16-11-7-12-17-22)20(23)18-19-13-8-6-9-14-19/h19,22H,2-18H2,1H3. The number of nitrogens with zero attached hydrogens (tertiary/aromatic N) is 1. The van der Waals surface area contributed by atoms with E-state index in [1.807, 2.05) is 0 Å². The summed E-state index contributed by atoms with van der Waals surface area (Å²) in [5.74, 6) is 1.02. The van der Waals surface area contributed by atoms with E-state index in [0.717, 1.165) is 45.2 Å². The molecule has 0 aromatic rings. The Labute approximate surface area is 143 Å². The second kappa shape index (κ2) is 13.8. The molecule has 0 aliphatic heterocycles. The van der Waals surface area contributed by atoms with Gasteiger partial charge in [-0.3, -0.25) is 4.79 Å². The van der Waals surface area contributed by atoms with Crippen molar-refractivity contribution in [1.29, 1.82) is 0 Å². The van der Waals surface area contributed by atoms with E-state index in [-0.39, 0.29) is 6.61 Å². The Bertz CT molecular complexity index is 287. The summed E-state index contributed by atoms with van der Waals surface area (Å²) >= 11 is 0. The Morgan fingerprint density at radius 1 is 0.913 bits per heavy atom. The number of hydrogen-bond acceptors (Lipinski definition) is 2. The second-order valence-electron chi connectivity index (χ2n) is 7.29. The van der Waals surface area contributed by atoms with E-state index in [1.165, 1.54) is 57.8 Å². The lowest BCUT2D eigenvalue weighted by molar-refractivity contribution is -0.132. The van der Waals surface area contributed by atoms with E-state index < -0.39 is 0 Å². The second-order valence-corrected chi connectivity index (χ2v) is 7.29. The summed E-state index contributed by atoms with van der Waals surface area (Å²) in [7, 11) is 0. The molecule has 1 aliphatic rings. The van der Waals surface area contributed by atoms with Crippen LogP contribution in [-0.4, -0.2) is 35.6 Å². The highest BCUT2D eigenvalue weighted by molar-refractivity contribution is 5.76. The van der Waals surface area contributed by atoms with Crippen molar-refractivity contribution in [3.63, 3.8) is 0 Å².